The number of rotatable bonds is 4. The van der Waals surface area contributed by atoms with Gasteiger partial charge in [-0.25, -0.2) is 14.9 Å². The van der Waals surface area contributed by atoms with Crippen molar-refractivity contribution in [3.05, 3.63) is 38.4 Å². The molecule has 2 aromatic rings. The molecule has 0 bridgehead atoms. The number of aromatic amines is 1. The number of hydrogen-bond acceptors (Lipinski definition) is 8. The first kappa shape index (κ1) is 14.5. The average Bonchev–Trinajstić information content (AvgIpc) is 2.78. The van der Waals surface area contributed by atoms with Gasteiger partial charge in [-0.15, -0.1) is 5.10 Å². The number of aromatic nitrogens is 4. The molecule has 110 valence electrons. The molecule has 0 aliphatic carbocycles. The topological polar surface area (TPSA) is 165 Å². The summed E-state index contributed by atoms with van der Waals surface area (Å²) in [7, 11) is 1.46. The fourth-order valence-electron chi connectivity index (χ4n) is 1.36. The molecular weight excluding hydrogens is 302 g/mol. The van der Waals surface area contributed by atoms with Crippen molar-refractivity contribution in [3.8, 4) is 0 Å². The minimum atomic E-state index is -0.658. The van der Waals surface area contributed by atoms with Gasteiger partial charge in [-0.2, -0.15) is 0 Å². The van der Waals surface area contributed by atoms with Gasteiger partial charge in [0.15, 0.2) is 16.0 Å². The van der Waals surface area contributed by atoms with Gasteiger partial charge in [-0.3, -0.25) is 14.7 Å². The summed E-state index contributed by atoms with van der Waals surface area (Å²) in [4.78, 5) is 25.6. The molecule has 0 atom stereocenters. The smallest absolute Gasteiger partial charge is 0.343 e. The number of hydrogen-bond donors (Lipinski definition) is 3. The zero-order valence-electron chi connectivity index (χ0n) is 10.5. The average molecular weight is 311 g/mol. The summed E-state index contributed by atoms with van der Waals surface area (Å²) in [6.45, 7) is 0. The lowest BCUT2D eigenvalue weighted by Crippen LogP contribution is -2.14. The Hall–Kier alpha value is -2.89. The summed E-state index contributed by atoms with van der Waals surface area (Å²) in [5, 5.41) is 28.6. The van der Waals surface area contributed by atoms with Crippen LogP contribution in [0.4, 0.5) is 5.69 Å². The van der Waals surface area contributed by atoms with Crippen LogP contribution in [0.25, 0.3) is 0 Å². The highest BCUT2D eigenvalue weighted by Gasteiger charge is 2.21. The Kier molecular flexibility index (Phi) is 3.89. The molecule has 11 nitrogen and oxygen atoms in total. The van der Waals surface area contributed by atoms with Crippen LogP contribution in [0.2, 0.25) is 0 Å². The molecule has 4 N–H and O–H groups in total. The largest absolute Gasteiger partial charge is 0.409 e. The first-order chi connectivity index (χ1) is 9.93. The van der Waals surface area contributed by atoms with Gasteiger partial charge in [0, 0.05) is 24.9 Å². The van der Waals surface area contributed by atoms with Crippen LogP contribution in [0.15, 0.2) is 32.4 Å². The standard InChI is InChI=1S/C9H9N7O4S/c1-15-8(17)12-13-9(15)21-7-5(16(19)20)2-4(3-11-7)6(10)14-18/h2-3,18H,1H3,(H2,10,14)(H,12,17). The van der Waals surface area contributed by atoms with Gasteiger partial charge in [0.1, 0.15) is 0 Å². The molecule has 0 saturated carbocycles. The molecule has 0 unspecified atom stereocenters. The molecule has 0 amide bonds. The maximum atomic E-state index is 11.2. The van der Waals surface area contributed by atoms with Crippen LogP contribution in [0.5, 0.6) is 0 Å². The minimum absolute atomic E-state index is 0.0246. The van der Waals surface area contributed by atoms with E-state index < -0.39 is 10.6 Å². The van der Waals surface area contributed by atoms with Crippen LogP contribution in [0.1, 0.15) is 5.56 Å². The third-order valence-corrected chi connectivity index (χ3v) is 3.51. The van der Waals surface area contributed by atoms with Crippen molar-refractivity contribution in [2.75, 3.05) is 0 Å². The van der Waals surface area contributed by atoms with Crippen molar-refractivity contribution in [3.63, 3.8) is 0 Å². The molecule has 0 radical (unpaired) electrons. The van der Waals surface area contributed by atoms with Crippen LogP contribution in [0.3, 0.4) is 0 Å². The van der Waals surface area contributed by atoms with E-state index in [9.17, 15) is 14.9 Å². The van der Waals surface area contributed by atoms with E-state index in [1.165, 1.54) is 17.8 Å². The molecule has 2 aromatic heterocycles. The van der Waals surface area contributed by atoms with E-state index in [1.54, 1.807) is 0 Å². The third kappa shape index (κ3) is 2.84. The monoisotopic (exact) mass is 311 g/mol. The molecule has 0 aliphatic heterocycles. The lowest BCUT2D eigenvalue weighted by atomic mass is 10.2. The Morgan fingerprint density at radius 3 is 2.90 bits per heavy atom. The zero-order chi connectivity index (χ0) is 15.6. The van der Waals surface area contributed by atoms with Crippen molar-refractivity contribution in [2.24, 2.45) is 17.9 Å². The Morgan fingerprint density at radius 1 is 1.67 bits per heavy atom. The molecule has 0 spiro atoms. The van der Waals surface area contributed by atoms with Crippen LogP contribution in [-0.2, 0) is 7.05 Å². The van der Waals surface area contributed by atoms with Gasteiger partial charge >= 0.3 is 11.4 Å². The normalized spacial score (nSPS) is 11.6. The molecule has 21 heavy (non-hydrogen) atoms. The Labute approximate surface area is 120 Å². The summed E-state index contributed by atoms with van der Waals surface area (Å²) in [5.74, 6) is -0.297. The number of nitrogens with zero attached hydrogens (tertiary/aromatic N) is 5. The molecule has 2 heterocycles. The van der Waals surface area contributed by atoms with E-state index in [-0.39, 0.29) is 27.3 Å². The Morgan fingerprint density at radius 2 is 2.38 bits per heavy atom. The van der Waals surface area contributed by atoms with E-state index >= 15 is 0 Å². The predicted octanol–water partition coefficient (Wildman–Crippen LogP) is -0.343. The van der Waals surface area contributed by atoms with Crippen LogP contribution in [-0.4, -0.2) is 35.7 Å². The predicted molar refractivity (Wildman–Crippen MR) is 71.4 cm³/mol. The first-order valence-corrected chi connectivity index (χ1v) is 6.17. The van der Waals surface area contributed by atoms with Crippen molar-refractivity contribution < 1.29 is 10.1 Å². The van der Waals surface area contributed by atoms with Crippen molar-refractivity contribution >= 4 is 23.3 Å². The van der Waals surface area contributed by atoms with Crippen molar-refractivity contribution in [1.82, 2.24) is 19.7 Å². The van der Waals surface area contributed by atoms with Gasteiger partial charge in [-0.05, 0) is 11.8 Å². The SMILES string of the molecule is Cn1c(Sc2ncc(C(N)=NO)cc2[N+](=O)[O-])n[nH]c1=O. The van der Waals surface area contributed by atoms with Crippen LogP contribution < -0.4 is 11.4 Å². The second-order valence-electron chi connectivity index (χ2n) is 3.76. The van der Waals surface area contributed by atoms with E-state index in [4.69, 9.17) is 10.9 Å². The van der Waals surface area contributed by atoms with Gasteiger partial charge in [0.2, 0.25) is 0 Å². The highest BCUT2D eigenvalue weighted by atomic mass is 32.2. The van der Waals surface area contributed by atoms with Crippen molar-refractivity contribution in [1.29, 1.82) is 0 Å². The number of amidine groups is 1. The summed E-state index contributed by atoms with van der Waals surface area (Å²) >= 11 is 0.843. The highest BCUT2D eigenvalue weighted by molar-refractivity contribution is 7.99. The highest BCUT2D eigenvalue weighted by Crippen LogP contribution is 2.31. The summed E-state index contributed by atoms with van der Waals surface area (Å²) < 4.78 is 1.19. The quantitative estimate of drug-likeness (QED) is 0.227. The molecule has 0 fully saturated rings. The molecule has 0 saturated heterocycles. The minimum Gasteiger partial charge on any atom is -0.409 e. The number of nitro groups is 1. The number of nitrogens with two attached hydrogens (primary N) is 1. The summed E-state index contributed by atoms with van der Waals surface area (Å²) in [6, 6.07) is 1.12. The maximum Gasteiger partial charge on any atom is 0.343 e. The number of H-pyrrole nitrogens is 1. The van der Waals surface area contributed by atoms with Crippen LogP contribution >= 0.6 is 11.8 Å². The van der Waals surface area contributed by atoms with Gasteiger partial charge in [-0.1, -0.05) is 5.16 Å². The molecule has 0 aliphatic rings. The van der Waals surface area contributed by atoms with E-state index in [0.717, 1.165) is 17.8 Å². The molecule has 12 heteroatoms. The summed E-state index contributed by atoms with van der Waals surface area (Å²) in [6.07, 6.45) is 1.22. The zero-order valence-corrected chi connectivity index (χ0v) is 11.4. The lowest BCUT2D eigenvalue weighted by Gasteiger charge is -2.03. The summed E-state index contributed by atoms with van der Waals surface area (Å²) in [5.41, 5.74) is 4.66. The fourth-order valence-corrected chi connectivity index (χ4v) is 2.19. The van der Waals surface area contributed by atoms with Crippen LogP contribution in [0, 0.1) is 10.1 Å². The number of nitrogens with one attached hydrogen (secondary N) is 1. The van der Waals surface area contributed by atoms with E-state index in [0.29, 0.717) is 0 Å². The number of oxime groups is 1. The van der Waals surface area contributed by atoms with E-state index in [1.807, 2.05) is 0 Å². The first-order valence-electron chi connectivity index (χ1n) is 5.35. The Bertz CT molecular complexity index is 781. The molecule has 0 aromatic carbocycles. The van der Waals surface area contributed by atoms with E-state index in [2.05, 4.69) is 20.3 Å². The van der Waals surface area contributed by atoms with Gasteiger partial charge < -0.3 is 10.9 Å². The fraction of sp³-hybridized carbons (Fsp3) is 0.111. The van der Waals surface area contributed by atoms with Gasteiger partial charge in [0.05, 0.1) is 4.92 Å². The second kappa shape index (κ2) is 5.62. The molecular formula is C9H9N7O4S. The lowest BCUT2D eigenvalue weighted by molar-refractivity contribution is -0.388. The maximum absolute atomic E-state index is 11.2. The van der Waals surface area contributed by atoms with Crippen molar-refractivity contribution in [2.45, 2.75) is 10.2 Å². The van der Waals surface area contributed by atoms with Gasteiger partial charge in [0.25, 0.3) is 0 Å². The number of pyridine rings is 1. The second-order valence-corrected chi connectivity index (χ2v) is 4.72. The Balaban J connectivity index is 2.46. The third-order valence-electron chi connectivity index (χ3n) is 2.46. The molecule has 2 rings (SSSR count).